The van der Waals surface area contributed by atoms with E-state index in [2.05, 4.69) is 17.1 Å². The van der Waals surface area contributed by atoms with Crippen LogP contribution in [0.2, 0.25) is 0 Å². The van der Waals surface area contributed by atoms with Gasteiger partial charge in [0.05, 0.1) is 7.11 Å². The minimum absolute atomic E-state index is 0.135. The van der Waals surface area contributed by atoms with Gasteiger partial charge in [-0.3, -0.25) is 0 Å². The Bertz CT molecular complexity index is 581. The highest BCUT2D eigenvalue weighted by atomic mass is 16.5. The Hall–Kier alpha value is -2.08. The summed E-state index contributed by atoms with van der Waals surface area (Å²) in [5.74, 6) is 2.54. The van der Waals surface area contributed by atoms with Gasteiger partial charge < -0.3 is 19.7 Å². The van der Waals surface area contributed by atoms with E-state index in [0.717, 1.165) is 18.4 Å². The summed E-state index contributed by atoms with van der Waals surface area (Å²) in [6.07, 6.45) is 1.78. The second kappa shape index (κ2) is 7.08. The van der Waals surface area contributed by atoms with Crippen LogP contribution in [0.1, 0.15) is 43.6 Å². The summed E-state index contributed by atoms with van der Waals surface area (Å²) in [6, 6.07) is 5.43. The van der Waals surface area contributed by atoms with Crippen LogP contribution < -0.4 is 15.2 Å². The summed E-state index contributed by atoms with van der Waals surface area (Å²) in [6.45, 7) is 4.18. The number of ether oxygens (including phenoxy) is 2. The second-order valence-electron chi connectivity index (χ2n) is 4.84. The minimum atomic E-state index is -0.135. The van der Waals surface area contributed by atoms with Crippen molar-refractivity contribution in [2.45, 2.75) is 39.3 Å². The fourth-order valence-corrected chi connectivity index (χ4v) is 1.96. The van der Waals surface area contributed by atoms with Crippen molar-refractivity contribution in [3.05, 3.63) is 35.5 Å². The van der Waals surface area contributed by atoms with Crippen LogP contribution in [0.15, 0.2) is 22.7 Å². The Morgan fingerprint density at radius 1 is 1.38 bits per heavy atom. The Balaban J connectivity index is 2.10. The maximum absolute atomic E-state index is 5.95. The highest BCUT2D eigenvalue weighted by Crippen LogP contribution is 2.29. The van der Waals surface area contributed by atoms with Gasteiger partial charge in [0.25, 0.3) is 5.89 Å². The van der Waals surface area contributed by atoms with Gasteiger partial charge in [-0.25, -0.2) is 0 Å². The molecular weight excluding hydrogens is 270 g/mol. The number of rotatable bonds is 7. The molecule has 0 aliphatic heterocycles. The number of benzene rings is 1. The van der Waals surface area contributed by atoms with Crippen molar-refractivity contribution in [2.24, 2.45) is 5.73 Å². The number of methoxy groups -OCH3 is 1. The smallest absolute Gasteiger partial charge is 0.264 e. The van der Waals surface area contributed by atoms with Gasteiger partial charge in [-0.05, 0) is 19.4 Å². The molecule has 1 heterocycles. The quantitative estimate of drug-likeness (QED) is 0.844. The highest BCUT2D eigenvalue weighted by Gasteiger charge is 2.12. The van der Waals surface area contributed by atoms with Gasteiger partial charge in [-0.15, -0.1) is 0 Å². The topological polar surface area (TPSA) is 83.4 Å². The lowest BCUT2D eigenvalue weighted by Gasteiger charge is -2.14. The molecule has 2 aromatic rings. The van der Waals surface area contributed by atoms with Crippen molar-refractivity contribution in [2.75, 3.05) is 7.11 Å². The third-order valence-corrected chi connectivity index (χ3v) is 3.05. The standard InChI is InChI=1S/C15H21N3O3/c1-4-5-14-17-15(21-18-14)9-20-13-8-11(19-3)6-7-12(13)10(2)16/h6-8,10H,4-5,9,16H2,1-3H3/t10-/m0/s1. The summed E-state index contributed by atoms with van der Waals surface area (Å²) in [7, 11) is 1.61. The summed E-state index contributed by atoms with van der Waals surface area (Å²) >= 11 is 0. The molecule has 1 atom stereocenters. The van der Waals surface area contributed by atoms with E-state index in [9.17, 15) is 0 Å². The van der Waals surface area contributed by atoms with Gasteiger partial charge in [0.15, 0.2) is 12.4 Å². The first-order valence-electron chi connectivity index (χ1n) is 7.01. The van der Waals surface area contributed by atoms with E-state index in [0.29, 0.717) is 23.2 Å². The molecule has 6 heteroatoms. The molecule has 114 valence electrons. The van der Waals surface area contributed by atoms with E-state index < -0.39 is 0 Å². The second-order valence-corrected chi connectivity index (χ2v) is 4.84. The molecule has 0 unspecified atom stereocenters. The van der Waals surface area contributed by atoms with Gasteiger partial charge in [0, 0.05) is 24.1 Å². The number of hydrogen-bond donors (Lipinski definition) is 1. The average molecular weight is 291 g/mol. The summed E-state index contributed by atoms with van der Waals surface area (Å²) in [5, 5.41) is 3.89. The van der Waals surface area contributed by atoms with E-state index >= 15 is 0 Å². The lowest BCUT2D eigenvalue weighted by atomic mass is 10.1. The van der Waals surface area contributed by atoms with Crippen LogP contribution in [-0.4, -0.2) is 17.3 Å². The fraction of sp³-hybridized carbons (Fsp3) is 0.467. The zero-order chi connectivity index (χ0) is 15.2. The van der Waals surface area contributed by atoms with Crippen molar-refractivity contribution in [3.8, 4) is 11.5 Å². The highest BCUT2D eigenvalue weighted by molar-refractivity contribution is 5.42. The molecule has 0 radical (unpaired) electrons. The molecule has 0 amide bonds. The van der Waals surface area contributed by atoms with Crippen LogP contribution in [0.4, 0.5) is 0 Å². The maximum Gasteiger partial charge on any atom is 0.264 e. The molecule has 0 saturated heterocycles. The van der Waals surface area contributed by atoms with Crippen molar-refractivity contribution in [1.82, 2.24) is 10.1 Å². The van der Waals surface area contributed by atoms with Crippen LogP contribution in [0.25, 0.3) is 0 Å². The van der Waals surface area contributed by atoms with Gasteiger partial charge in [-0.1, -0.05) is 18.1 Å². The Morgan fingerprint density at radius 2 is 2.19 bits per heavy atom. The summed E-state index contributed by atoms with van der Waals surface area (Å²) < 4.78 is 16.1. The van der Waals surface area contributed by atoms with E-state index in [1.807, 2.05) is 25.1 Å². The van der Waals surface area contributed by atoms with Crippen LogP contribution in [0.5, 0.6) is 11.5 Å². The first-order chi connectivity index (χ1) is 10.1. The Morgan fingerprint density at radius 3 is 2.86 bits per heavy atom. The van der Waals surface area contributed by atoms with Crippen molar-refractivity contribution in [3.63, 3.8) is 0 Å². The van der Waals surface area contributed by atoms with Crippen molar-refractivity contribution < 1.29 is 14.0 Å². The molecule has 0 spiro atoms. The third kappa shape index (κ3) is 3.95. The van der Waals surface area contributed by atoms with Crippen LogP contribution in [0, 0.1) is 0 Å². The summed E-state index contributed by atoms with van der Waals surface area (Å²) in [4.78, 5) is 4.27. The molecule has 0 aliphatic carbocycles. The molecule has 0 aliphatic rings. The maximum atomic E-state index is 5.95. The fourth-order valence-electron chi connectivity index (χ4n) is 1.96. The molecule has 0 bridgehead atoms. The van der Waals surface area contributed by atoms with E-state index in [1.54, 1.807) is 7.11 Å². The largest absolute Gasteiger partial charge is 0.497 e. The molecular formula is C15H21N3O3. The molecule has 0 fully saturated rings. The van der Waals surface area contributed by atoms with Crippen molar-refractivity contribution in [1.29, 1.82) is 0 Å². The Kier molecular flexibility index (Phi) is 5.16. The molecule has 1 aromatic heterocycles. The molecule has 2 N–H and O–H groups in total. The van der Waals surface area contributed by atoms with E-state index in [-0.39, 0.29) is 12.6 Å². The zero-order valence-corrected chi connectivity index (χ0v) is 12.6. The number of nitrogens with two attached hydrogens (primary N) is 1. The normalized spacial score (nSPS) is 12.2. The van der Waals surface area contributed by atoms with Gasteiger partial charge in [0.2, 0.25) is 0 Å². The molecule has 1 aromatic carbocycles. The zero-order valence-electron chi connectivity index (χ0n) is 12.6. The minimum Gasteiger partial charge on any atom is -0.497 e. The first kappa shape index (κ1) is 15.3. The van der Waals surface area contributed by atoms with Gasteiger partial charge in [0.1, 0.15) is 11.5 Å². The number of aromatic nitrogens is 2. The van der Waals surface area contributed by atoms with Crippen LogP contribution in [0.3, 0.4) is 0 Å². The molecule has 2 rings (SSSR count). The van der Waals surface area contributed by atoms with E-state index in [1.165, 1.54) is 0 Å². The predicted octanol–water partition coefficient (Wildman–Crippen LogP) is 2.63. The van der Waals surface area contributed by atoms with Crippen LogP contribution in [-0.2, 0) is 13.0 Å². The van der Waals surface area contributed by atoms with Gasteiger partial charge >= 0.3 is 0 Å². The number of nitrogens with zero attached hydrogens (tertiary/aromatic N) is 2. The lowest BCUT2D eigenvalue weighted by Crippen LogP contribution is -2.08. The first-order valence-corrected chi connectivity index (χ1v) is 7.01. The average Bonchev–Trinajstić information content (AvgIpc) is 2.92. The number of aryl methyl sites for hydroxylation is 1. The van der Waals surface area contributed by atoms with E-state index in [4.69, 9.17) is 19.7 Å². The molecule has 6 nitrogen and oxygen atoms in total. The summed E-state index contributed by atoms with van der Waals surface area (Å²) in [5.41, 5.74) is 6.85. The molecule has 0 saturated carbocycles. The third-order valence-electron chi connectivity index (χ3n) is 3.05. The SMILES string of the molecule is CCCc1noc(COc2cc(OC)ccc2[C@H](C)N)n1. The van der Waals surface area contributed by atoms with Crippen LogP contribution >= 0.6 is 0 Å². The predicted molar refractivity (Wildman–Crippen MR) is 78.2 cm³/mol. The lowest BCUT2D eigenvalue weighted by molar-refractivity contribution is 0.239. The Labute approximate surface area is 124 Å². The monoisotopic (exact) mass is 291 g/mol. The van der Waals surface area contributed by atoms with Gasteiger partial charge in [-0.2, -0.15) is 4.98 Å². The van der Waals surface area contributed by atoms with Crippen molar-refractivity contribution >= 4 is 0 Å². The molecule has 21 heavy (non-hydrogen) atoms. The number of hydrogen-bond acceptors (Lipinski definition) is 6.